The van der Waals surface area contributed by atoms with Gasteiger partial charge in [0.15, 0.2) is 8.32 Å². The Kier molecular flexibility index (Phi) is 10.2. The maximum absolute atomic E-state index is 11.3. The van der Waals surface area contributed by atoms with Crippen LogP contribution in [0.3, 0.4) is 0 Å². The lowest BCUT2D eigenvalue weighted by atomic mass is 10.1. The smallest absolute Gasteiger partial charge is 0.308 e. The van der Waals surface area contributed by atoms with Crippen LogP contribution >= 0.6 is 0 Å². The number of rotatable bonds is 13. The molecule has 0 aliphatic heterocycles. The highest BCUT2D eigenvalue weighted by atomic mass is 28.4. The van der Waals surface area contributed by atoms with Gasteiger partial charge in [-0.15, -0.1) is 0 Å². The summed E-state index contributed by atoms with van der Waals surface area (Å²) < 4.78 is 17.4. The van der Waals surface area contributed by atoms with Crippen molar-refractivity contribution >= 4 is 22.4 Å². The Bertz CT molecular complexity index is 864. The third-order valence-electron chi connectivity index (χ3n) is 5.80. The van der Waals surface area contributed by atoms with Crippen LogP contribution in [0.15, 0.2) is 48.5 Å². The van der Waals surface area contributed by atoms with Crippen molar-refractivity contribution < 1.29 is 18.7 Å². The number of hydrogen-bond donors (Lipinski definition) is 0. The highest BCUT2D eigenvalue weighted by Gasteiger charge is 2.28. The standard InChI is InChI=1S/C26H40O4Si2/c1-22(27)30-26-18-10-8-14-24(26)15-11-19-31(3,4)21-29-32(5,6)20-12-16-23-13-7-9-17-25(23)28-2/h7-10,13-14,17-18H,11-12,15-16,19-21H2,1-6H3. The number of carbonyl (C=O) groups is 1. The largest absolute Gasteiger partial charge is 0.496 e. The second kappa shape index (κ2) is 12.4. The first-order valence-electron chi connectivity index (χ1n) is 11.6. The van der Waals surface area contributed by atoms with Gasteiger partial charge in [0.2, 0.25) is 0 Å². The van der Waals surface area contributed by atoms with Crippen molar-refractivity contribution in [3.63, 3.8) is 0 Å². The van der Waals surface area contributed by atoms with Crippen molar-refractivity contribution in [2.45, 2.75) is 70.9 Å². The summed E-state index contributed by atoms with van der Waals surface area (Å²) in [6, 6.07) is 18.5. The fourth-order valence-electron chi connectivity index (χ4n) is 3.87. The lowest BCUT2D eigenvalue weighted by Gasteiger charge is -2.30. The molecule has 0 aliphatic carbocycles. The number of methoxy groups -OCH3 is 1. The number of hydrogen-bond acceptors (Lipinski definition) is 4. The van der Waals surface area contributed by atoms with Crippen molar-refractivity contribution in [3.8, 4) is 11.5 Å². The Morgan fingerprint density at radius 2 is 1.34 bits per heavy atom. The third-order valence-corrected chi connectivity index (χ3v) is 11.2. The number of esters is 1. The minimum atomic E-state index is -1.69. The Morgan fingerprint density at radius 3 is 1.94 bits per heavy atom. The van der Waals surface area contributed by atoms with E-state index in [1.165, 1.54) is 18.5 Å². The van der Waals surface area contributed by atoms with Gasteiger partial charge in [0.25, 0.3) is 0 Å². The summed E-state index contributed by atoms with van der Waals surface area (Å²) in [6.07, 6.45) is 5.11. The van der Waals surface area contributed by atoms with Gasteiger partial charge in [-0.25, -0.2) is 0 Å². The van der Waals surface area contributed by atoms with Gasteiger partial charge in [0.05, 0.1) is 15.2 Å². The van der Waals surface area contributed by atoms with E-state index < -0.39 is 16.4 Å². The van der Waals surface area contributed by atoms with Crippen LogP contribution in [0.5, 0.6) is 11.5 Å². The van der Waals surface area contributed by atoms with Crippen LogP contribution in [0.25, 0.3) is 0 Å². The van der Waals surface area contributed by atoms with Crippen molar-refractivity contribution in [1.29, 1.82) is 0 Å². The van der Waals surface area contributed by atoms with E-state index in [1.54, 1.807) is 7.11 Å². The monoisotopic (exact) mass is 472 g/mol. The molecule has 0 radical (unpaired) electrons. The summed E-state index contributed by atoms with van der Waals surface area (Å²) in [5.41, 5.74) is 2.39. The average Bonchev–Trinajstić information content (AvgIpc) is 2.73. The summed E-state index contributed by atoms with van der Waals surface area (Å²) in [4.78, 5) is 11.3. The minimum absolute atomic E-state index is 0.265. The van der Waals surface area contributed by atoms with Gasteiger partial charge >= 0.3 is 5.97 Å². The normalized spacial score (nSPS) is 11.9. The van der Waals surface area contributed by atoms with E-state index in [0.29, 0.717) is 5.75 Å². The Hall–Kier alpha value is -1.90. The third kappa shape index (κ3) is 9.30. The molecule has 0 saturated heterocycles. The maximum Gasteiger partial charge on any atom is 0.308 e. The number of ether oxygens (including phenoxy) is 2. The molecule has 2 aromatic rings. The molecule has 4 nitrogen and oxygen atoms in total. The SMILES string of the molecule is COc1ccccc1CCC[Si](C)(C)OC[Si](C)(C)CCCc1ccccc1OC(C)=O. The van der Waals surface area contributed by atoms with Gasteiger partial charge in [0, 0.05) is 13.2 Å². The molecular formula is C26H40O4Si2. The highest BCUT2D eigenvalue weighted by molar-refractivity contribution is 6.79. The van der Waals surface area contributed by atoms with E-state index in [1.807, 2.05) is 30.3 Å². The second-order valence-corrected chi connectivity index (χ2v) is 19.4. The van der Waals surface area contributed by atoms with Gasteiger partial charge in [0.1, 0.15) is 11.5 Å². The molecule has 0 heterocycles. The first-order chi connectivity index (χ1) is 15.1. The van der Waals surface area contributed by atoms with Gasteiger partial charge in [-0.3, -0.25) is 4.79 Å². The molecule has 0 unspecified atom stereocenters. The lowest BCUT2D eigenvalue weighted by molar-refractivity contribution is -0.131. The van der Waals surface area contributed by atoms with Gasteiger partial charge in [-0.2, -0.15) is 0 Å². The summed E-state index contributed by atoms with van der Waals surface area (Å²) >= 11 is 0. The lowest BCUT2D eigenvalue weighted by Crippen LogP contribution is -2.40. The summed E-state index contributed by atoms with van der Waals surface area (Å²) in [6.45, 7) is 11.0. The number of carbonyl (C=O) groups excluding carboxylic acids is 1. The molecule has 32 heavy (non-hydrogen) atoms. The molecule has 0 fully saturated rings. The molecule has 0 amide bonds. The quantitative estimate of drug-likeness (QED) is 0.186. The van der Waals surface area contributed by atoms with E-state index in [-0.39, 0.29) is 5.97 Å². The predicted molar refractivity (Wildman–Crippen MR) is 138 cm³/mol. The zero-order valence-electron chi connectivity index (χ0n) is 20.7. The average molecular weight is 473 g/mol. The van der Waals surface area contributed by atoms with Crippen LogP contribution in [0, 0.1) is 0 Å². The molecule has 2 rings (SSSR count). The highest BCUT2D eigenvalue weighted by Crippen LogP contribution is 2.25. The van der Waals surface area contributed by atoms with E-state index >= 15 is 0 Å². The summed E-state index contributed by atoms with van der Waals surface area (Å²) in [5.74, 6) is 1.41. The van der Waals surface area contributed by atoms with E-state index in [0.717, 1.165) is 49.3 Å². The van der Waals surface area contributed by atoms with Crippen LogP contribution in [0.4, 0.5) is 0 Å². The molecule has 6 heteroatoms. The zero-order valence-corrected chi connectivity index (χ0v) is 22.7. The number of benzene rings is 2. The van der Waals surface area contributed by atoms with Crippen molar-refractivity contribution in [2.24, 2.45) is 0 Å². The zero-order chi connectivity index (χ0) is 23.6. The number of aryl methyl sites for hydroxylation is 2. The molecule has 0 bridgehead atoms. The Labute approximate surface area is 196 Å². The molecule has 0 aliphatic rings. The summed E-state index contributed by atoms with van der Waals surface area (Å²) in [7, 11) is -1.40. The van der Waals surface area contributed by atoms with Crippen LogP contribution in [-0.2, 0) is 22.1 Å². The van der Waals surface area contributed by atoms with Gasteiger partial charge in [-0.1, -0.05) is 62.0 Å². The van der Waals surface area contributed by atoms with E-state index in [2.05, 4.69) is 44.4 Å². The Balaban J connectivity index is 1.77. The maximum atomic E-state index is 11.3. The van der Waals surface area contributed by atoms with Gasteiger partial charge < -0.3 is 13.9 Å². The summed E-state index contributed by atoms with van der Waals surface area (Å²) in [5, 5.41) is 0. The second-order valence-electron chi connectivity index (χ2n) is 9.93. The van der Waals surface area contributed by atoms with Crippen molar-refractivity contribution in [2.75, 3.05) is 13.3 Å². The fraction of sp³-hybridized carbons (Fsp3) is 0.500. The molecule has 0 aromatic heterocycles. The van der Waals surface area contributed by atoms with Gasteiger partial charge in [-0.05, 0) is 61.7 Å². The predicted octanol–water partition coefficient (Wildman–Crippen LogP) is 6.66. The van der Waals surface area contributed by atoms with Crippen LogP contribution in [0.2, 0.25) is 38.3 Å². The van der Waals surface area contributed by atoms with E-state index in [4.69, 9.17) is 13.9 Å². The fourth-order valence-corrected chi connectivity index (χ4v) is 9.45. The van der Waals surface area contributed by atoms with Crippen molar-refractivity contribution in [1.82, 2.24) is 0 Å². The first-order valence-corrected chi connectivity index (χ1v) is 18.2. The van der Waals surface area contributed by atoms with Crippen LogP contribution in [0.1, 0.15) is 30.9 Å². The molecular weight excluding hydrogens is 432 g/mol. The molecule has 0 atom stereocenters. The van der Waals surface area contributed by atoms with E-state index in [9.17, 15) is 4.79 Å². The van der Waals surface area contributed by atoms with Crippen LogP contribution in [-0.4, -0.2) is 35.7 Å². The Morgan fingerprint density at radius 1 is 0.812 bits per heavy atom. The molecule has 176 valence electrons. The molecule has 0 N–H and O–H groups in total. The van der Waals surface area contributed by atoms with Crippen LogP contribution < -0.4 is 9.47 Å². The molecule has 0 saturated carbocycles. The first kappa shape index (κ1) is 26.4. The molecule has 2 aromatic carbocycles. The topological polar surface area (TPSA) is 44.8 Å². The van der Waals surface area contributed by atoms with Crippen molar-refractivity contribution in [3.05, 3.63) is 59.7 Å². The number of para-hydroxylation sites is 2. The molecule has 0 spiro atoms. The minimum Gasteiger partial charge on any atom is -0.496 e.